The van der Waals surface area contributed by atoms with Crippen LogP contribution in [0.15, 0.2) is 0 Å². The standard InChI is InChI=1S/C41H67N5O8/c1-41(2,3)54-40(52)46-33-23-13-8-18-28(33)38(50)44-31-21-11-6-16-26(31)36(48)42-30-20-10-5-15-25(30)35(47)43-32-22-12-7-17-27(32)37(49)45-34-24-14-9-19-29(34)39(51)53-4/h25-34H,5-24H2,1-4H3,(H,42,48)(H,43,47)(H,44,50)(H,45,49)(H,46,52)/t25-,26+,27+,28-,29-,30+,31-,32-,33+,34+/m1/s1. The van der Waals surface area contributed by atoms with E-state index in [0.29, 0.717) is 57.8 Å². The van der Waals surface area contributed by atoms with Crippen molar-refractivity contribution >= 4 is 35.7 Å². The quantitative estimate of drug-likeness (QED) is 0.194. The zero-order valence-corrected chi connectivity index (χ0v) is 33.2. The van der Waals surface area contributed by atoms with E-state index in [4.69, 9.17) is 9.47 Å². The van der Waals surface area contributed by atoms with Crippen LogP contribution < -0.4 is 26.6 Å². The Balaban J connectivity index is 1.18. The van der Waals surface area contributed by atoms with Gasteiger partial charge in [0, 0.05) is 30.2 Å². The highest BCUT2D eigenvalue weighted by Gasteiger charge is 2.42. The molecule has 13 nitrogen and oxygen atoms in total. The van der Waals surface area contributed by atoms with Gasteiger partial charge in [-0.25, -0.2) is 4.79 Å². The molecule has 0 aliphatic heterocycles. The van der Waals surface area contributed by atoms with Crippen molar-refractivity contribution in [2.24, 2.45) is 29.6 Å². The zero-order valence-electron chi connectivity index (χ0n) is 33.2. The number of ether oxygens (including phenoxy) is 2. The Morgan fingerprint density at radius 3 is 0.963 bits per heavy atom. The van der Waals surface area contributed by atoms with Crippen molar-refractivity contribution in [1.29, 1.82) is 0 Å². The molecule has 54 heavy (non-hydrogen) atoms. The van der Waals surface area contributed by atoms with Gasteiger partial charge in [0.15, 0.2) is 0 Å². The van der Waals surface area contributed by atoms with Crippen molar-refractivity contribution in [3.05, 3.63) is 0 Å². The number of esters is 1. The first kappa shape index (κ1) is 41.8. The number of hydrogen-bond donors (Lipinski definition) is 5. The fourth-order valence-electron chi connectivity index (χ4n) is 9.82. The van der Waals surface area contributed by atoms with Crippen LogP contribution in [0.1, 0.15) is 149 Å². The van der Waals surface area contributed by atoms with Crippen LogP contribution in [0.4, 0.5) is 4.79 Å². The molecular weight excluding hydrogens is 690 g/mol. The summed E-state index contributed by atoms with van der Waals surface area (Å²) in [5.74, 6) is -2.72. The van der Waals surface area contributed by atoms with Crippen LogP contribution in [0.25, 0.3) is 0 Å². The molecule has 0 heterocycles. The molecule has 5 saturated carbocycles. The normalized spacial score (nSPS) is 33.3. The van der Waals surface area contributed by atoms with Crippen molar-refractivity contribution in [3.63, 3.8) is 0 Å². The van der Waals surface area contributed by atoms with E-state index in [2.05, 4.69) is 26.6 Å². The first-order chi connectivity index (χ1) is 25.8. The third-order valence-electron chi connectivity index (χ3n) is 12.7. The number of nitrogens with one attached hydrogen (secondary N) is 5. The highest BCUT2D eigenvalue weighted by Crippen LogP contribution is 2.33. The maximum Gasteiger partial charge on any atom is 0.407 e. The highest BCUT2D eigenvalue weighted by atomic mass is 16.6. The molecule has 304 valence electrons. The summed E-state index contributed by atoms with van der Waals surface area (Å²) in [7, 11) is 1.39. The lowest BCUT2D eigenvalue weighted by Crippen LogP contribution is -2.57. The summed E-state index contributed by atoms with van der Waals surface area (Å²) in [6.07, 6.45) is 15.4. The Labute approximate surface area is 321 Å². The maximum absolute atomic E-state index is 14.0. The molecule has 0 aromatic heterocycles. The minimum atomic E-state index is -0.640. The lowest BCUT2D eigenvalue weighted by Gasteiger charge is -2.38. The van der Waals surface area contributed by atoms with Gasteiger partial charge < -0.3 is 36.1 Å². The van der Waals surface area contributed by atoms with Crippen LogP contribution in [-0.2, 0) is 33.4 Å². The van der Waals surface area contributed by atoms with E-state index < -0.39 is 29.4 Å². The molecule has 5 fully saturated rings. The van der Waals surface area contributed by atoms with E-state index in [0.717, 1.165) is 70.6 Å². The minimum absolute atomic E-state index is 0.111. The van der Waals surface area contributed by atoms with Gasteiger partial charge in [0.25, 0.3) is 0 Å². The third-order valence-corrected chi connectivity index (χ3v) is 12.7. The van der Waals surface area contributed by atoms with Crippen LogP contribution in [0.2, 0.25) is 0 Å². The maximum atomic E-state index is 14.0. The van der Waals surface area contributed by atoms with Gasteiger partial charge in [-0.15, -0.1) is 0 Å². The van der Waals surface area contributed by atoms with Crippen molar-refractivity contribution in [2.45, 2.75) is 185 Å². The summed E-state index contributed by atoms with van der Waals surface area (Å²) < 4.78 is 10.5. The second-order valence-electron chi connectivity index (χ2n) is 17.7. The van der Waals surface area contributed by atoms with Gasteiger partial charge in [-0.05, 0) is 85.0 Å². The van der Waals surface area contributed by atoms with Gasteiger partial charge in [0.2, 0.25) is 23.6 Å². The number of amides is 5. The number of alkyl carbamates (subject to hydrolysis) is 1. The SMILES string of the molecule is COC(=O)[C@@H]1CCCC[C@@H]1NC(=O)[C@H]1CCCC[C@H]1NC(=O)[C@@H]1CCCC[C@@H]1NC(=O)[C@H]1CCCC[C@H]1NC(=O)[C@@H]1CCCC[C@@H]1NC(=O)OC(C)(C)C. The van der Waals surface area contributed by atoms with Gasteiger partial charge >= 0.3 is 12.1 Å². The van der Waals surface area contributed by atoms with Crippen LogP contribution in [0.3, 0.4) is 0 Å². The number of hydrogen-bond acceptors (Lipinski definition) is 8. The highest BCUT2D eigenvalue weighted by molar-refractivity contribution is 5.86. The van der Waals surface area contributed by atoms with Crippen LogP contribution in [0, 0.1) is 29.6 Å². The fraction of sp³-hybridized carbons (Fsp3) is 0.854. The molecule has 0 saturated heterocycles. The molecular formula is C41H67N5O8. The second kappa shape index (κ2) is 19.5. The van der Waals surface area contributed by atoms with E-state index in [9.17, 15) is 28.8 Å². The average Bonchev–Trinajstić information content (AvgIpc) is 3.14. The summed E-state index contributed by atoms with van der Waals surface area (Å²) in [6.45, 7) is 5.43. The Hall–Kier alpha value is -3.38. The van der Waals surface area contributed by atoms with E-state index in [1.807, 2.05) is 20.8 Å². The number of carbonyl (C=O) groups excluding carboxylic acids is 6. The Kier molecular flexibility index (Phi) is 15.1. The minimum Gasteiger partial charge on any atom is -0.469 e. The second-order valence-corrected chi connectivity index (χ2v) is 17.7. The third kappa shape index (κ3) is 11.3. The van der Waals surface area contributed by atoms with Crippen molar-refractivity contribution in [2.75, 3.05) is 7.11 Å². The molecule has 0 unspecified atom stereocenters. The van der Waals surface area contributed by atoms with E-state index in [1.165, 1.54) is 7.11 Å². The van der Waals surface area contributed by atoms with Gasteiger partial charge in [0.05, 0.1) is 36.7 Å². The molecule has 5 aliphatic carbocycles. The molecule has 5 N–H and O–H groups in total. The predicted molar refractivity (Wildman–Crippen MR) is 203 cm³/mol. The Bertz CT molecular complexity index is 1330. The van der Waals surface area contributed by atoms with E-state index in [-0.39, 0.29) is 71.6 Å². The van der Waals surface area contributed by atoms with Crippen molar-refractivity contribution in [1.82, 2.24) is 26.6 Å². The first-order valence-electron chi connectivity index (χ1n) is 21.1. The Morgan fingerprint density at radius 1 is 0.407 bits per heavy atom. The molecule has 0 aromatic carbocycles. The molecule has 5 aliphatic rings. The summed E-state index contributed by atoms with van der Waals surface area (Å²) >= 11 is 0. The Morgan fingerprint density at radius 2 is 0.667 bits per heavy atom. The average molecular weight is 758 g/mol. The summed E-state index contributed by atoms with van der Waals surface area (Å²) in [5, 5.41) is 15.8. The number of rotatable bonds is 10. The number of carbonyl (C=O) groups is 6. The summed E-state index contributed by atoms with van der Waals surface area (Å²) in [4.78, 5) is 80.4. The lowest BCUT2D eigenvalue weighted by molar-refractivity contribution is -0.148. The first-order valence-corrected chi connectivity index (χ1v) is 21.1. The molecule has 0 aromatic rings. The summed E-state index contributed by atoms with van der Waals surface area (Å²) in [6, 6.07) is -1.55. The van der Waals surface area contributed by atoms with Gasteiger partial charge in [-0.1, -0.05) is 64.2 Å². The molecule has 5 rings (SSSR count). The summed E-state index contributed by atoms with van der Waals surface area (Å²) in [5.41, 5.74) is -0.640. The molecule has 13 heteroatoms. The predicted octanol–water partition coefficient (Wildman–Crippen LogP) is 4.94. The van der Waals surface area contributed by atoms with Crippen LogP contribution >= 0.6 is 0 Å². The lowest BCUT2D eigenvalue weighted by atomic mass is 9.79. The number of methoxy groups -OCH3 is 1. The van der Waals surface area contributed by atoms with Crippen LogP contribution in [0.5, 0.6) is 0 Å². The van der Waals surface area contributed by atoms with Crippen molar-refractivity contribution < 1.29 is 38.2 Å². The molecule has 10 atom stereocenters. The molecule has 0 bridgehead atoms. The fourth-order valence-corrected chi connectivity index (χ4v) is 9.82. The topological polar surface area (TPSA) is 181 Å². The van der Waals surface area contributed by atoms with Gasteiger partial charge in [-0.2, -0.15) is 0 Å². The smallest absolute Gasteiger partial charge is 0.407 e. The monoisotopic (exact) mass is 757 g/mol. The van der Waals surface area contributed by atoms with E-state index >= 15 is 0 Å². The van der Waals surface area contributed by atoms with Gasteiger partial charge in [0.1, 0.15) is 5.60 Å². The van der Waals surface area contributed by atoms with Crippen LogP contribution in [-0.4, -0.2) is 78.6 Å². The van der Waals surface area contributed by atoms with Gasteiger partial charge in [-0.3, -0.25) is 24.0 Å². The zero-order chi connectivity index (χ0) is 38.8. The van der Waals surface area contributed by atoms with E-state index in [1.54, 1.807) is 0 Å². The molecule has 5 amide bonds. The largest absolute Gasteiger partial charge is 0.469 e. The molecule has 0 spiro atoms. The van der Waals surface area contributed by atoms with Crippen molar-refractivity contribution in [3.8, 4) is 0 Å². The molecule has 0 radical (unpaired) electrons.